The van der Waals surface area contributed by atoms with Gasteiger partial charge in [0.05, 0.1) is 22.9 Å². The average Bonchev–Trinajstić information content (AvgIpc) is 2.95. The van der Waals surface area contributed by atoms with Gasteiger partial charge in [0.1, 0.15) is 0 Å². The van der Waals surface area contributed by atoms with Gasteiger partial charge in [-0.3, -0.25) is 9.59 Å². The zero-order valence-corrected chi connectivity index (χ0v) is 13.8. The molecule has 0 fully saturated rings. The molecule has 0 radical (unpaired) electrons. The molecule has 1 aromatic carbocycles. The summed E-state index contributed by atoms with van der Waals surface area (Å²) in [6, 6.07) is 8.63. The van der Waals surface area contributed by atoms with E-state index in [0.717, 1.165) is 10.2 Å². The average molecular weight is 342 g/mol. The van der Waals surface area contributed by atoms with Crippen LogP contribution in [0.1, 0.15) is 17.3 Å². The Morgan fingerprint density at radius 2 is 2.00 bits per heavy atom. The smallest absolute Gasteiger partial charge is 0.257 e. The Balaban J connectivity index is 1.78. The van der Waals surface area contributed by atoms with E-state index in [-0.39, 0.29) is 11.8 Å². The Morgan fingerprint density at radius 1 is 1.17 bits per heavy atom. The number of thiazole rings is 1. The SMILES string of the molecule is COc1ccc(C(=O)Nc2ccc3nc(NC(C)=O)sc3c2)cn1. The molecule has 0 saturated carbocycles. The van der Waals surface area contributed by atoms with Crippen molar-refractivity contribution in [3.8, 4) is 5.88 Å². The molecule has 3 rings (SSSR count). The third kappa shape index (κ3) is 3.49. The Hall–Kier alpha value is -3.00. The second kappa shape index (κ2) is 6.63. The number of methoxy groups -OCH3 is 1. The third-order valence-corrected chi connectivity index (χ3v) is 4.07. The maximum absolute atomic E-state index is 12.2. The Kier molecular flexibility index (Phi) is 4.39. The largest absolute Gasteiger partial charge is 0.481 e. The van der Waals surface area contributed by atoms with Crippen LogP contribution in [0, 0.1) is 0 Å². The topological polar surface area (TPSA) is 93.2 Å². The normalized spacial score (nSPS) is 10.4. The number of benzene rings is 1. The van der Waals surface area contributed by atoms with Crippen LogP contribution in [0.15, 0.2) is 36.5 Å². The maximum Gasteiger partial charge on any atom is 0.257 e. The number of pyridine rings is 1. The number of rotatable bonds is 4. The number of fused-ring (bicyclic) bond motifs is 1. The van der Waals surface area contributed by atoms with Gasteiger partial charge < -0.3 is 15.4 Å². The van der Waals surface area contributed by atoms with Gasteiger partial charge in [0.15, 0.2) is 5.13 Å². The molecular weight excluding hydrogens is 328 g/mol. The van der Waals surface area contributed by atoms with E-state index in [0.29, 0.717) is 22.3 Å². The van der Waals surface area contributed by atoms with Crippen molar-refractivity contribution in [3.05, 3.63) is 42.1 Å². The highest BCUT2D eigenvalue weighted by Crippen LogP contribution is 2.28. The summed E-state index contributed by atoms with van der Waals surface area (Å²) >= 11 is 1.34. The molecule has 7 nitrogen and oxygen atoms in total. The third-order valence-electron chi connectivity index (χ3n) is 3.14. The van der Waals surface area contributed by atoms with Crippen molar-refractivity contribution in [1.29, 1.82) is 0 Å². The van der Waals surface area contributed by atoms with E-state index in [4.69, 9.17) is 4.74 Å². The lowest BCUT2D eigenvalue weighted by atomic mass is 10.2. The van der Waals surface area contributed by atoms with Crippen LogP contribution < -0.4 is 15.4 Å². The maximum atomic E-state index is 12.2. The van der Waals surface area contributed by atoms with Crippen LogP contribution in [-0.4, -0.2) is 28.9 Å². The van der Waals surface area contributed by atoms with Gasteiger partial charge in [-0.25, -0.2) is 9.97 Å². The van der Waals surface area contributed by atoms with Crippen LogP contribution in [0.25, 0.3) is 10.2 Å². The van der Waals surface area contributed by atoms with Crippen LogP contribution in [0.2, 0.25) is 0 Å². The summed E-state index contributed by atoms with van der Waals surface area (Å²) < 4.78 is 5.83. The van der Waals surface area contributed by atoms with Crippen LogP contribution in [0.4, 0.5) is 10.8 Å². The summed E-state index contributed by atoms with van der Waals surface area (Å²) in [6.45, 7) is 1.43. The fourth-order valence-corrected chi connectivity index (χ4v) is 3.00. The monoisotopic (exact) mass is 342 g/mol. The van der Waals surface area contributed by atoms with E-state index in [9.17, 15) is 9.59 Å². The summed E-state index contributed by atoms with van der Waals surface area (Å²) in [7, 11) is 1.52. The van der Waals surface area contributed by atoms with E-state index in [1.165, 1.54) is 31.6 Å². The van der Waals surface area contributed by atoms with Gasteiger partial charge in [-0.1, -0.05) is 11.3 Å². The van der Waals surface area contributed by atoms with Gasteiger partial charge in [0, 0.05) is 24.9 Å². The molecule has 2 aromatic heterocycles. The highest BCUT2D eigenvalue weighted by molar-refractivity contribution is 7.22. The second-order valence-electron chi connectivity index (χ2n) is 4.93. The van der Waals surface area contributed by atoms with Crippen molar-refractivity contribution in [3.63, 3.8) is 0 Å². The lowest BCUT2D eigenvalue weighted by Gasteiger charge is -2.05. The van der Waals surface area contributed by atoms with Gasteiger partial charge in [-0.2, -0.15) is 0 Å². The minimum atomic E-state index is -0.267. The quantitative estimate of drug-likeness (QED) is 0.760. The first-order chi connectivity index (χ1) is 11.5. The van der Waals surface area contributed by atoms with Crippen molar-refractivity contribution in [2.24, 2.45) is 0 Å². The molecule has 24 heavy (non-hydrogen) atoms. The van der Waals surface area contributed by atoms with Crippen molar-refractivity contribution >= 4 is 44.2 Å². The summed E-state index contributed by atoms with van der Waals surface area (Å²) in [5.41, 5.74) is 1.83. The van der Waals surface area contributed by atoms with Crippen molar-refractivity contribution in [2.75, 3.05) is 17.7 Å². The van der Waals surface area contributed by atoms with Gasteiger partial charge in [-0.15, -0.1) is 0 Å². The summed E-state index contributed by atoms with van der Waals surface area (Å²) in [5.74, 6) is 0.00817. The molecule has 0 atom stereocenters. The number of amides is 2. The number of nitrogens with one attached hydrogen (secondary N) is 2. The summed E-state index contributed by atoms with van der Waals surface area (Å²) in [6.07, 6.45) is 1.45. The molecule has 0 unspecified atom stereocenters. The molecule has 0 spiro atoms. The molecule has 0 aliphatic rings. The van der Waals surface area contributed by atoms with Gasteiger partial charge >= 0.3 is 0 Å². The Morgan fingerprint density at radius 3 is 2.67 bits per heavy atom. The lowest BCUT2D eigenvalue weighted by Crippen LogP contribution is -2.12. The number of anilines is 2. The summed E-state index contributed by atoms with van der Waals surface area (Å²) in [4.78, 5) is 31.6. The first-order valence-corrected chi connectivity index (χ1v) is 7.86. The summed E-state index contributed by atoms with van der Waals surface area (Å²) in [5, 5.41) is 5.99. The first kappa shape index (κ1) is 15.9. The number of carbonyl (C=O) groups excluding carboxylic acids is 2. The molecule has 2 amide bonds. The number of nitrogens with zero attached hydrogens (tertiary/aromatic N) is 2. The predicted octanol–water partition coefficient (Wildman–Crippen LogP) is 2.91. The fourth-order valence-electron chi connectivity index (χ4n) is 2.05. The van der Waals surface area contributed by atoms with Crippen molar-refractivity contribution in [1.82, 2.24) is 9.97 Å². The zero-order valence-electron chi connectivity index (χ0n) is 13.0. The Bertz CT molecular complexity index is 905. The van der Waals surface area contributed by atoms with E-state index >= 15 is 0 Å². The van der Waals surface area contributed by atoms with Gasteiger partial charge in [0.2, 0.25) is 11.8 Å². The molecule has 0 bridgehead atoms. The van der Waals surface area contributed by atoms with Crippen LogP contribution in [0.3, 0.4) is 0 Å². The van der Waals surface area contributed by atoms with Crippen LogP contribution in [0.5, 0.6) is 5.88 Å². The molecule has 8 heteroatoms. The first-order valence-electron chi connectivity index (χ1n) is 7.05. The molecule has 0 aliphatic heterocycles. The minimum absolute atomic E-state index is 0.172. The van der Waals surface area contributed by atoms with Crippen LogP contribution >= 0.6 is 11.3 Å². The van der Waals surface area contributed by atoms with Crippen molar-refractivity contribution < 1.29 is 14.3 Å². The molecule has 2 heterocycles. The van der Waals surface area contributed by atoms with Crippen LogP contribution in [-0.2, 0) is 4.79 Å². The minimum Gasteiger partial charge on any atom is -0.481 e. The molecule has 0 saturated heterocycles. The number of carbonyl (C=O) groups is 2. The molecule has 122 valence electrons. The highest BCUT2D eigenvalue weighted by Gasteiger charge is 2.10. The van der Waals surface area contributed by atoms with E-state index < -0.39 is 0 Å². The molecule has 0 aliphatic carbocycles. The second-order valence-corrected chi connectivity index (χ2v) is 5.96. The van der Waals surface area contributed by atoms with Crippen molar-refractivity contribution in [2.45, 2.75) is 6.92 Å². The van der Waals surface area contributed by atoms with E-state index in [2.05, 4.69) is 20.6 Å². The highest BCUT2D eigenvalue weighted by atomic mass is 32.1. The number of aromatic nitrogens is 2. The number of hydrogen-bond acceptors (Lipinski definition) is 6. The molecular formula is C16H14N4O3S. The zero-order chi connectivity index (χ0) is 17.1. The number of hydrogen-bond donors (Lipinski definition) is 2. The van der Waals surface area contributed by atoms with E-state index in [1.54, 1.807) is 24.3 Å². The van der Waals surface area contributed by atoms with Gasteiger partial charge in [-0.05, 0) is 24.3 Å². The molecule has 3 aromatic rings. The predicted molar refractivity (Wildman–Crippen MR) is 92.7 cm³/mol. The standard InChI is InChI=1S/C16H14N4O3S/c1-9(21)18-16-20-12-5-4-11(7-13(12)24-16)19-15(22)10-3-6-14(23-2)17-8-10/h3-8H,1-2H3,(H,19,22)(H,18,20,21). The van der Waals surface area contributed by atoms with Gasteiger partial charge in [0.25, 0.3) is 5.91 Å². The molecule has 2 N–H and O–H groups in total. The van der Waals surface area contributed by atoms with E-state index in [1.807, 2.05) is 6.07 Å². The lowest BCUT2D eigenvalue weighted by molar-refractivity contribution is -0.114. The number of ether oxygens (including phenoxy) is 1. The fraction of sp³-hybridized carbons (Fsp3) is 0.125. The Labute approximate surface area is 141 Å².